The molecule has 0 aliphatic rings. The molecule has 2 amide bonds. The lowest BCUT2D eigenvalue weighted by atomic mass is 10.0. The van der Waals surface area contributed by atoms with Gasteiger partial charge in [-0.2, -0.15) is 0 Å². The molecule has 2 rings (SSSR count). The standard InChI is InChI=1S/C19H25N3O4S/c1-4-18(15-8-10-17(26-2)11-9-15)21-19(23)20-13-14-6-5-7-16(12-14)22-27(3,24)25/h5-12,18,22H,4,13H2,1-3H3,(H2,20,21,23)/t18-/m0/s1. The third kappa shape index (κ3) is 6.82. The molecular weight excluding hydrogens is 366 g/mol. The minimum atomic E-state index is -3.34. The highest BCUT2D eigenvalue weighted by atomic mass is 32.2. The Balaban J connectivity index is 1.93. The van der Waals surface area contributed by atoms with Crippen LogP contribution in [-0.4, -0.2) is 27.8 Å². The van der Waals surface area contributed by atoms with Gasteiger partial charge in [-0.1, -0.05) is 31.2 Å². The van der Waals surface area contributed by atoms with E-state index in [2.05, 4.69) is 15.4 Å². The zero-order valence-corrected chi connectivity index (χ0v) is 16.5. The van der Waals surface area contributed by atoms with Crippen LogP contribution in [0.15, 0.2) is 48.5 Å². The number of rotatable bonds is 8. The van der Waals surface area contributed by atoms with E-state index in [1.54, 1.807) is 25.3 Å². The van der Waals surface area contributed by atoms with Crippen LogP contribution in [0.1, 0.15) is 30.5 Å². The van der Waals surface area contributed by atoms with Crippen molar-refractivity contribution in [2.24, 2.45) is 0 Å². The van der Waals surface area contributed by atoms with Gasteiger partial charge in [0.15, 0.2) is 0 Å². The molecule has 3 N–H and O–H groups in total. The molecule has 0 spiro atoms. The Bertz CT molecular complexity index is 867. The van der Waals surface area contributed by atoms with Crippen LogP contribution in [0.2, 0.25) is 0 Å². The highest BCUT2D eigenvalue weighted by Crippen LogP contribution is 2.20. The van der Waals surface area contributed by atoms with Crippen molar-refractivity contribution in [2.45, 2.75) is 25.9 Å². The minimum Gasteiger partial charge on any atom is -0.497 e. The summed E-state index contributed by atoms with van der Waals surface area (Å²) in [5, 5.41) is 5.74. The summed E-state index contributed by atoms with van der Waals surface area (Å²) in [6.07, 6.45) is 1.84. The number of methoxy groups -OCH3 is 1. The molecular formula is C19H25N3O4S. The molecule has 146 valence electrons. The Kier molecular flexibility index (Phi) is 7.06. The van der Waals surface area contributed by atoms with Gasteiger partial charge >= 0.3 is 6.03 Å². The quantitative estimate of drug-likeness (QED) is 0.644. The number of anilines is 1. The van der Waals surface area contributed by atoms with Gasteiger partial charge in [0.2, 0.25) is 10.0 Å². The highest BCUT2D eigenvalue weighted by Gasteiger charge is 2.12. The van der Waals surface area contributed by atoms with Gasteiger partial charge in [0, 0.05) is 12.2 Å². The smallest absolute Gasteiger partial charge is 0.315 e. The van der Waals surface area contributed by atoms with Crippen LogP contribution < -0.4 is 20.1 Å². The number of hydrogen-bond donors (Lipinski definition) is 3. The maximum Gasteiger partial charge on any atom is 0.315 e. The predicted octanol–water partition coefficient (Wildman–Crippen LogP) is 3.02. The molecule has 0 saturated heterocycles. The van der Waals surface area contributed by atoms with Gasteiger partial charge in [0.25, 0.3) is 0 Å². The van der Waals surface area contributed by atoms with Crippen molar-refractivity contribution in [1.82, 2.24) is 10.6 Å². The molecule has 0 aliphatic heterocycles. The van der Waals surface area contributed by atoms with Gasteiger partial charge in [0.05, 0.1) is 19.4 Å². The number of benzene rings is 2. The van der Waals surface area contributed by atoms with Crippen molar-refractivity contribution < 1.29 is 17.9 Å². The summed E-state index contributed by atoms with van der Waals surface area (Å²) in [4.78, 5) is 12.2. The largest absolute Gasteiger partial charge is 0.497 e. The molecule has 0 saturated carbocycles. The summed E-state index contributed by atoms with van der Waals surface area (Å²) in [6.45, 7) is 2.28. The number of hydrogen-bond acceptors (Lipinski definition) is 4. The average molecular weight is 391 g/mol. The number of carbonyl (C=O) groups is 1. The van der Waals surface area contributed by atoms with Crippen LogP contribution in [0.4, 0.5) is 10.5 Å². The fourth-order valence-electron chi connectivity index (χ4n) is 2.61. The minimum absolute atomic E-state index is 0.117. The fourth-order valence-corrected chi connectivity index (χ4v) is 3.16. The molecule has 1 atom stereocenters. The van der Waals surface area contributed by atoms with Gasteiger partial charge in [-0.3, -0.25) is 4.72 Å². The lowest BCUT2D eigenvalue weighted by molar-refractivity contribution is 0.236. The second-order valence-electron chi connectivity index (χ2n) is 6.14. The second kappa shape index (κ2) is 9.27. The Labute approximate surface area is 160 Å². The molecule has 0 unspecified atom stereocenters. The van der Waals surface area contributed by atoms with Crippen molar-refractivity contribution in [3.63, 3.8) is 0 Å². The van der Waals surface area contributed by atoms with E-state index in [1.165, 1.54) is 0 Å². The molecule has 27 heavy (non-hydrogen) atoms. The summed E-state index contributed by atoms with van der Waals surface area (Å²) in [5.41, 5.74) is 2.24. The molecule has 0 aliphatic carbocycles. The summed E-state index contributed by atoms with van der Waals surface area (Å²) < 4.78 is 30.2. The SMILES string of the molecule is CC[C@H](NC(=O)NCc1cccc(NS(C)(=O)=O)c1)c1ccc(OC)cc1. The Morgan fingerprint density at radius 2 is 1.85 bits per heavy atom. The first-order valence-corrected chi connectivity index (χ1v) is 10.4. The van der Waals surface area contributed by atoms with Gasteiger partial charge in [-0.25, -0.2) is 13.2 Å². The number of nitrogens with one attached hydrogen (secondary N) is 3. The van der Waals surface area contributed by atoms with E-state index in [4.69, 9.17) is 4.74 Å². The van der Waals surface area contributed by atoms with E-state index < -0.39 is 10.0 Å². The normalized spacial score (nSPS) is 12.1. The lowest BCUT2D eigenvalue weighted by Gasteiger charge is -2.18. The zero-order chi connectivity index (χ0) is 19.9. The highest BCUT2D eigenvalue weighted by molar-refractivity contribution is 7.92. The van der Waals surface area contributed by atoms with Gasteiger partial charge in [-0.05, 0) is 41.8 Å². The molecule has 2 aromatic rings. The fraction of sp³-hybridized carbons (Fsp3) is 0.316. The van der Waals surface area contributed by atoms with Crippen LogP contribution in [0.3, 0.4) is 0 Å². The first-order valence-electron chi connectivity index (χ1n) is 8.55. The van der Waals surface area contributed by atoms with Crippen molar-refractivity contribution in [2.75, 3.05) is 18.1 Å². The van der Waals surface area contributed by atoms with Crippen molar-refractivity contribution in [3.8, 4) is 5.75 Å². The topological polar surface area (TPSA) is 96.5 Å². The first-order chi connectivity index (χ1) is 12.8. The van der Waals surface area contributed by atoms with E-state index >= 15 is 0 Å². The summed E-state index contributed by atoms with van der Waals surface area (Å²) in [7, 11) is -1.73. The first kappa shape index (κ1) is 20.6. The van der Waals surface area contributed by atoms with Crippen LogP contribution in [0, 0.1) is 0 Å². The van der Waals surface area contributed by atoms with E-state index in [9.17, 15) is 13.2 Å². The van der Waals surface area contributed by atoms with Crippen LogP contribution in [0.5, 0.6) is 5.75 Å². The van der Waals surface area contributed by atoms with E-state index in [0.717, 1.165) is 29.6 Å². The number of amides is 2. The Hall–Kier alpha value is -2.74. The molecule has 0 heterocycles. The second-order valence-corrected chi connectivity index (χ2v) is 7.88. The van der Waals surface area contributed by atoms with Crippen molar-refractivity contribution >= 4 is 21.7 Å². The molecule has 0 bridgehead atoms. The number of sulfonamides is 1. The number of ether oxygens (including phenoxy) is 1. The molecule has 8 heteroatoms. The van der Waals surface area contributed by atoms with Crippen LogP contribution in [-0.2, 0) is 16.6 Å². The zero-order valence-electron chi connectivity index (χ0n) is 15.7. The third-order valence-corrected chi connectivity index (χ3v) is 4.52. The Morgan fingerprint density at radius 3 is 2.44 bits per heavy atom. The van der Waals surface area contributed by atoms with Crippen molar-refractivity contribution in [1.29, 1.82) is 0 Å². The van der Waals surface area contributed by atoms with E-state index in [1.807, 2.05) is 37.3 Å². The van der Waals surface area contributed by atoms with E-state index in [-0.39, 0.29) is 18.6 Å². The summed E-state index contributed by atoms with van der Waals surface area (Å²) in [5.74, 6) is 0.764. The summed E-state index contributed by atoms with van der Waals surface area (Å²) in [6, 6.07) is 14.0. The van der Waals surface area contributed by atoms with Crippen molar-refractivity contribution in [3.05, 3.63) is 59.7 Å². The maximum absolute atomic E-state index is 12.2. The van der Waals surface area contributed by atoms with Gasteiger partial charge in [0.1, 0.15) is 5.75 Å². The van der Waals surface area contributed by atoms with Gasteiger partial charge in [-0.15, -0.1) is 0 Å². The van der Waals surface area contributed by atoms with Crippen LogP contribution >= 0.6 is 0 Å². The van der Waals surface area contributed by atoms with Crippen LogP contribution in [0.25, 0.3) is 0 Å². The molecule has 0 aromatic heterocycles. The maximum atomic E-state index is 12.2. The molecule has 7 nitrogen and oxygen atoms in total. The summed E-state index contributed by atoms with van der Waals surface area (Å²) >= 11 is 0. The molecule has 0 radical (unpaired) electrons. The third-order valence-electron chi connectivity index (χ3n) is 3.92. The van der Waals surface area contributed by atoms with Gasteiger partial charge < -0.3 is 15.4 Å². The predicted molar refractivity (Wildman–Crippen MR) is 106 cm³/mol. The monoisotopic (exact) mass is 391 g/mol. The molecule has 2 aromatic carbocycles. The Morgan fingerprint density at radius 1 is 1.15 bits per heavy atom. The number of urea groups is 1. The lowest BCUT2D eigenvalue weighted by Crippen LogP contribution is -2.37. The number of carbonyl (C=O) groups excluding carboxylic acids is 1. The van der Waals surface area contributed by atoms with E-state index in [0.29, 0.717) is 5.69 Å². The average Bonchev–Trinajstić information content (AvgIpc) is 2.63. The molecule has 0 fully saturated rings.